The highest BCUT2D eigenvalue weighted by atomic mass is 32.2. The van der Waals surface area contributed by atoms with Gasteiger partial charge in [0.2, 0.25) is 5.91 Å². The van der Waals surface area contributed by atoms with Gasteiger partial charge >= 0.3 is 0 Å². The molecule has 6 nitrogen and oxygen atoms in total. The van der Waals surface area contributed by atoms with Crippen molar-refractivity contribution < 1.29 is 13.2 Å². The number of amides is 1. The van der Waals surface area contributed by atoms with Gasteiger partial charge in [0.05, 0.1) is 0 Å². The van der Waals surface area contributed by atoms with Crippen LogP contribution < -0.4 is 14.8 Å². The number of hydrogen-bond donors (Lipinski definition) is 3. The van der Waals surface area contributed by atoms with Crippen LogP contribution in [0.2, 0.25) is 0 Å². The van der Waals surface area contributed by atoms with E-state index in [4.69, 9.17) is 0 Å². The molecule has 7 heteroatoms. The third kappa shape index (κ3) is 9.88. The van der Waals surface area contributed by atoms with Gasteiger partial charge in [0, 0.05) is 26.6 Å². The van der Waals surface area contributed by atoms with Gasteiger partial charge in [0.1, 0.15) is 0 Å². The van der Waals surface area contributed by atoms with Crippen LogP contribution in [0.25, 0.3) is 0 Å². The van der Waals surface area contributed by atoms with Gasteiger partial charge in [0.25, 0.3) is 10.2 Å². The molecule has 0 spiro atoms. The third-order valence-electron chi connectivity index (χ3n) is 1.81. The summed E-state index contributed by atoms with van der Waals surface area (Å²) in [6.07, 6.45) is 2.23. The molecule has 3 N–H and O–H groups in total. The quantitative estimate of drug-likeness (QED) is 0.493. The lowest BCUT2D eigenvalue weighted by Crippen LogP contribution is -2.37. The average Bonchev–Trinajstić information content (AvgIpc) is 2.20. The Kier molecular flexibility index (Phi) is 8.14. The second kappa shape index (κ2) is 8.49. The SMILES string of the molecule is CCCNS(=O)(=O)NCCCCNC(C)=O. The van der Waals surface area contributed by atoms with Crippen molar-refractivity contribution in [3.63, 3.8) is 0 Å². The van der Waals surface area contributed by atoms with Gasteiger partial charge < -0.3 is 5.32 Å². The molecule has 1 amide bonds. The predicted octanol–water partition coefficient (Wildman–Crippen LogP) is -0.263. The molecule has 0 bridgehead atoms. The standard InChI is InChI=1S/C9H21N3O3S/c1-3-6-11-16(14,15)12-8-5-4-7-10-9(2)13/h11-12H,3-8H2,1-2H3,(H,10,13). The molecule has 0 aromatic heterocycles. The highest BCUT2D eigenvalue weighted by molar-refractivity contribution is 7.87. The van der Waals surface area contributed by atoms with Crippen LogP contribution >= 0.6 is 0 Å². The molecule has 0 rings (SSSR count). The molecule has 96 valence electrons. The zero-order valence-corrected chi connectivity index (χ0v) is 10.7. The molecular formula is C9H21N3O3S. The Labute approximate surface area is 97.4 Å². The fourth-order valence-electron chi connectivity index (χ4n) is 1.01. The van der Waals surface area contributed by atoms with E-state index in [2.05, 4.69) is 14.8 Å². The van der Waals surface area contributed by atoms with Crippen LogP contribution in [-0.4, -0.2) is 34.0 Å². The first-order chi connectivity index (χ1) is 7.48. The van der Waals surface area contributed by atoms with E-state index >= 15 is 0 Å². The zero-order chi connectivity index (χ0) is 12.4. The Morgan fingerprint density at radius 1 is 1.06 bits per heavy atom. The fraction of sp³-hybridized carbons (Fsp3) is 0.889. The summed E-state index contributed by atoms with van der Waals surface area (Å²) < 4.78 is 27.3. The summed E-state index contributed by atoms with van der Waals surface area (Å²) >= 11 is 0. The molecule has 0 fully saturated rings. The lowest BCUT2D eigenvalue weighted by Gasteiger charge is -2.07. The van der Waals surface area contributed by atoms with Crippen LogP contribution in [-0.2, 0) is 15.0 Å². The smallest absolute Gasteiger partial charge is 0.276 e. The lowest BCUT2D eigenvalue weighted by molar-refractivity contribution is -0.118. The summed E-state index contributed by atoms with van der Waals surface area (Å²) in [4.78, 5) is 10.5. The number of nitrogens with one attached hydrogen (secondary N) is 3. The van der Waals surface area contributed by atoms with Crippen molar-refractivity contribution >= 4 is 16.1 Å². The second-order valence-electron chi connectivity index (χ2n) is 3.48. The van der Waals surface area contributed by atoms with Crippen molar-refractivity contribution in [2.45, 2.75) is 33.1 Å². The Hall–Kier alpha value is -0.660. The van der Waals surface area contributed by atoms with E-state index in [0.717, 1.165) is 12.8 Å². The van der Waals surface area contributed by atoms with Crippen molar-refractivity contribution in [2.75, 3.05) is 19.6 Å². The fourth-order valence-corrected chi connectivity index (χ4v) is 2.00. The predicted molar refractivity (Wildman–Crippen MR) is 63.1 cm³/mol. The Bertz CT molecular complexity index is 290. The minimum Gasteiger partial charge on any atom is -0.356 e. The zero-order valence-electron chi connectivity index (χ0n) is 9.88. The first kappa shape index (κ1) is 15.3. The van der Waals surface area contributed by atoms with Gasteiger partial charge in [-0.05, 0) is 19.3 Å². The maximum atomic E-state index is 11.2. The van der Waals surface area contributed by atoms with Crippen LogP contribution in [0.1, 0.15) is 33.1 Å². The molecule has 0 aliphatic heterocycles. The van der Waals surface area contributed by atoms with E-state index in [0.29, 0.717) is 26.1 Å². The second-order valence-corrected chi connectivity index (χ2v) is 5.07. The van der Waals surface area contributed by atoms with Crippen LogP contribution in [0.3, 0.4) is 0 Å². The summed E-state index contributed by atoms with van der Waals surface area (Å²) in [5.74, 6) is -0.0646. The monoisotopic (exact) mass is 251 g/mol. The minimum atomic E-state index is -3.33. The van der Waals surface area contributed by atoms with Gasteiger partial charge in [-0.3, -0.25) is 4.79 Å². The lowest BCUT2D eigenvalue weighted by atomic mass is 10.3. The normalized spacial score (nSPS) is 11.4. The molecule has 0 radical (unpaired) electrons. The van der Waals surface area contributed by atoms with Crippen LogP contribution in [0, 0.1) is 0 Å². The maximum Gasteiger partial charge on any atom is 0.276 e. The Morgan fingerprint density at radius 2 is 1.62 bits per heavy atom. The van der Waals surface area contributed by atoms with Crippen molar-refractivity contribution in [3.8, 4) is 0 Å². The average molecular weight is 251 g/mol. The summed E-state index contributed by atoms with van der Waals surface area (Å²) in [5.41, 5.74) is 0. The summed E-state index contributed by atoms with van der Waals surface area (Å²) in [6.45, 7) is 4.77. The molecule has 0 saturated heterocycles. The first-order valence-electron chi connectivity index (χ1n) is 5.46. The van der Waals surface area contributed by atoms with Crippen molar-refractivity contribution in [1.29, 1.82) is 0 Å². The molecule has 0 aromatic carbocycles. The molecule has 0 aliphatic rings. The summed E-state index contributed by atoms with van der Waals surface area (Å²) in [6, 6.07) is 0. The minimum absolute atomic E-state index is 0.0646. The summed E-state index contributed by atoms with van der Waals surface area (Å²) in [7, 11) is -3.33. The molecule has 0 aliphatic carbocycles. The first-order valence-corrected chi connectivity index (χ1v) is 6.95. The van der Waals surface area contributed by atoms with Gasteiger partial charge in [-0.1, -0.05) is 6.92 Å². The van der Waals surface area contributed by atoms with Crippen molar-refractivity contribution in [1.82, 2.24) is 14.8 Å². The van der Waals surface area contributed by atoms with E-state index in [-0.39, 0.29) is 5.91 Å². The van der Waals surface area contributed by atoms with Crippen LogP contribution in [0.5, 0.6) is 0 Å². The van der Waals surface area contributed by atoms with E-state index < -0.39 is 10.2 Å². The largest absolute Gasteiger partial charge is 0.356 e. The van der Waals surface area contributed by atoms with Gasteiger partial charge in [-0.15, -0.1) is 0 Å². The van der Waals surface area contributed by atoms with E-state index in [1.54, 1.807) is 0 Å². The van der Waals surface area contributed by atoms with E-state index in [1.807, 2.05) is 6.92 Å². The number of hydrogen-bond acceptors (Lipinski definition) is 3. The van der Waals surface area contributed by atoms with Gasteiger partial charge in [0.15, 0.2) is 0 Å². The van der Waals surface area contributed by atoms with Crippen LogP contribution in [0.4, 0.5) is 0 Å². The maximum absolute atomic E-state index is 11.2. The van der Waals surface area contributed by atoms with E-state index in [1.165, 1.54) is 6.92 Å². The number of carbonyl (C=O) groups excluding carboxylic acids is 1. The van der Waals surface area contributed by atoms with E-state index in [9.17, 15) is 13.2 Å². The molecule has 0 atom stereocenters. The van der Waals surface area contributed by atoms with Crippen LogP contribution in [0.15, 0.2) is 0 Å². The number of rotatable bonds is 9. The van der Waals surface area contributed by atoms with Crippen molar-refractivity contribution in [3.05, 3.63) is 0 Å². The summed E-state index contributed by atoms with van der Waals surface area (Å²) in [5, 5.41) is 2.65. The molecule has 0 saturated carbocycles. The number of carbonyl (C=O) groups is 1. The number of unbranched alkanes of at least 4 members (excludes halogenated alkanes) is 1. The molecule has 0 aromatic rings. The Morgan fingerprint density at radius 3 is 2.19 bits per heavy atom. The highest BCUT2D eigenvalue weighted by Crippen LogP contribution is 1.87. The molecule has 16 heavy (non-hydrogen) atoms. The van der Waals surface area contributed by atoms with Gasteiger partial charge in [-0.2, -0.15) is 8.42 Å². The molecule has 0 unspecified atom stereocenters. The molecule has 0 heterocycles. The molecular weight excluding hydrogens is 230 g/mol. The van der Waals surface area contributed by atoms with Gasteiger partial charge in [-0.25, -0.2) is 9.44 Å². The van der Waals surface area contributed by atoms with Crippen molar-refractivity contribution in [2.24, 2.45) is 0 Å². The Balaban J connectivity index is 3.47. The third-order valence-corrected chi connectivity index (χ3v) is 2.98. The topological polar surface area (TPSA) is 87.3 Å². The highest BCUT2D eigenvalue weighted by Gasteiger charge is 2.05.